The second kappa shape index (κ2) is 9.04. The molecule has 0 saturated heterocycles. The number of fused-ring (bicyclic) bond motifs is 1. The van der Waals surface area contributed by atoms with E-state index < -0.39 is 11.7 Å². The monoisotopic (exact) mass is 411 g/mol. The Balaban J connectivity index is 1.88. The molecular formula is C24H29NO3S. The predicted octanol–water partition coefficient (Wildman–Crippen LogP) is 5.56. The molecule has 0 spiro atoms. The Bertz CT molecular complexity index is 873. The average molecular weight is 412 g/mol. The quantitative estimate of drug-likeness (QED) is 0.716. The summed E-state index contributed by atoms with van der Waals surface area (Å²) in [5, 5.41) is 3.13. The van der Waals surface area contributed by atoms with Gasteiger partial charge in [0.05, 0.1) is 5.92 Å². The first-order valence-corrected chi connectivity index (χ1v) is 11.1. The summed E-state index contributed by atoms with van der Waals surface area (Å²) in [6.45, 7) is 7.53. The molecule has 4 nitrogen and oxygen atoms in total. The van der Waals surface area contributed by atoms with Gasteiger partial charge in [-0.25, -0.2) is 4.79 Å². The van der Waals surface area contributed by atoms with Gasteiger partial charge in [0, 0.05) is 6.04 Å². The number of thioether (sulfide) groups is 1. The Morgan fingerprint density at radius 2 is 1.83 bits per heavy atom. The summed E-state index contributed by atoms with van der Waals surface area (Å²) in [5.74, 6) is 0.514. The van der Waals surface area contributed by atoms with Gasteiger partial charge >= 0.3 is 6.09 Å². The largest absolute Gasteiger partial charge is 0.444 e. The summed E-state index contributed by atoms with van der Waals surface area (Å²) < 4.78 is 5.41. The number of amides is 1. The lowest BCUT2D eigenvalue weighted by molar-refractivity contribution is -0.112. The van der Waals surface area contributed by atoms with Gasteiger partial charge in [-0.15, -0.1) is 0 Å². The fourth-order valence-corrected chi connectivity index (χ4v) is 4.43. The predicted molar refractivity (Wildman–Crippen MR) is 119 cm³/mol. The van der Waals surface area contributed by atoms with Gasteiger partial charge in [0.1, 0.15) is 5.60 Å². The van der Waals surface area contributed by atoms with E-state index in [1.165, 1.54) is 11.8 Å². The molecule has 3 rings (SSSR count). The number of hydrogen-bond donors (Lipinski definition) is 1. The molecule has 0 aliphatic heterocycles. The lowest BCUT2D eigenvalue weighted by Gasteiger charge is -2.32. The van der Waals surface area contributed by atoms with Gasteiger partial charge in [-0.05, 0) is 61.6 Å². The average Bonchev–Trinajstić information content (AvgIpc) is 2.66. The molecule has 0 aromatic heterocycles. The first kappa shape index (κ1) is 21.4. The van der Waals surface area contributed by atoms with Crippen LogP contribution in [-0.2, 0) is 16.0 Å². The number of nitrogens with one attached hydrogen (secondary N) is 1. The van der Waals surface area contributed by atoms with Crippen molar-refractivity contribution in [2.45, 2.75) is 58.1 Å². The second-order valence-electron chi connectivity index (χ2n) is 8.37. The van der Waals surface area contributed by atoms with E-state index in [-0.39, 0.29) is 17.1 Å². The van der Waals surface area contributed by atoms with Gasteiger partial charge in [-0.3, -0.25) is 4.79 Å². The van der Waals surface area contributed by atoms with E-state index in [1.807, 2.05) is 45.9 Å². The maximum Gasteiger partial charge on any atom is 0.407 e. The van der Waals surface area contributed by atoms with Crippen LogP contribution >= 0.6 is 11.8 Å². The molecule has 0 bridgehead atoms. The molecule has 154 valence electrons. The third kappa shape index (κ3) is 5.63. The van der Waals surface area contributed by atoms with Crippen LogP contribution in [0.15, 0.2) is 48.5 Å². The SMILES string of the molecule is CCSC(=O)[C@H]1C[C@H](NC(=O)OC(C)(C)C)Cc2ccc(-c3ccccc3)cc21. The minimum atomic E-state index is -0.547. The van der Waals surface area contributed by atoms with Crippen LogP contribution in [0.1, 0.15) is 51.2 Å². The normalized spacial score (nSPS) is 18.6. The van der Waals surface area contributed by atoms with E-state index in [4.69, 9.17) is 4.74 Å². The van der Waals surface area contributed by atoms with Crippen molar-refractivity contribution in [1.82, 2.24) is 5.32 Å². The van der Waals surface area contributed by atoms with Gasteiger partial charge < -0.3 is 10.1 Å². The number of benzene rings is 2. The Kier molecular flexibility index (Phi) is 6.68. The molecule has 29 heavy (non-hydrogen) atoms. The third-order valence-electron chi connectivity index (χ3n) is 4.91. The van der Waals surface area contributed by atoms with E-state index in [0.29, 0.717) is 12.8 Å². The van der Waals surface area contributed by atoms with Crippen molar-refractivity contribution in [2.75, 3.05) is 5.75 Å². The third-order valence-corrected chi connectivity index (χ3v) is 5.76. The van der Waals surface area contributed by atoms with Crippen molar-refractivity contribution in [3.8, 4) is 11.1 Å². The summed E-state index contributed by atoms with van der Waals surface area (Å²) in [5.41, 5.74) is 3.90. The fourth-order valence-electron chi connectivity index (χ4n) is 3.73. The Hall–Kier alpha value is -2.27. The van der Waals surface area contributed by atoms with E-state index >= 15 is 0 Å². The zero-order chi connectivity index (χ0) is 21.0. The van der Waals surface area contributed by atoms with Crippen molar-refractivity contribution in [3.63, 3.8) is 0 Å². The van der Waals surface area contributed by atoms with Crippen LogP contribution in [0, 0.1) is 0 Å². The van der Waals surface area contributed by atoms with E-state index in [9.17, 15) is 9.59 Å². The number of rotatable bonds is 4. The van der Waals surface area contributed by atoms with Crippen LogP contribution in [0.3, 0.4) is 0 Å². The Labute approximate surface area is 177 Å². The molecule has 0 saturated carbocycles. The molecular weight excluding hydrogens is 382 g/mol. The minimum Gasteiger partial charge on any atom is -0.444 e. The number of carbonyl (C=O) groups is 2. The van der Waals surface area contributed by atoms with E-state index in [2.05, 4.69) is 35.6 Å². The molecule has 1 amide bonds. The van der Waals surface area contributed by atoms with Crippen molar-refractivity contribution >= 4 is 23.0 Å². The van der Waals surface area contributed by atoms with Crippen LogP contribution < -0.4 is 5.32 Å². The Morgan fingerprint density at radius 3 is 2.48 bits per heavy atom. The zero-order valence-electron chi connectivity index (χ0n) is 17.5. The van der Waals surface area contributed by atoms with Gasteiger partial charge in [-0.1, -0.05) is 67.2 Å². The fraction of sp³-hybridized carbons (Fsp3) is 0.417. The number of hydrogen-bond acceptors (Lipinski definition) is 4. The first-order valence-electron chi connectivity index (χ1n) is 10.1. The smallest absolute Gasteiger partial charge is 0.407 e. The highest BCUT2D eigenvalue weighted by Gasteiger charge is 2.33. The molecule has 0 unspecified atom stereocenters. The molecule has 1 aliphatic rings. The molecule has 0 fully saturated rings. The standard InChI is InChI=1S/C24H29NO3S/c1-5-29-22(26)21-15-19(25-23(27)28-24(2,3)4)13-18-12-11-17(14-20(18)21)16-9-7-6-8-10-16/h6-12,14,19,21H,5,13,15H2,1-4H3,(H,25,27)/t19-,21+/m1/s1. The maximum absolute atomic E-state index is 12.9. The van der Waals surface area contributed by atoms with Crippen LogP contribution in [-0.4, -0.2) is 28.6 Å². The summed E-state index contributed by atoms with van der Waals surface area (Å²) in [6, 6.07) is 16.4. The van der Waals surface area contributed by atoms with Crippen LogP contribution in [0.25, 0.3) is 11.1 Å². The summed E-state index contributed by atoms with van der Waals surface area (Å²) >= 11 is 1.35. The lowest BCUT2D eigenvalue weighted by atomic mass is 9.79. The minimum absolute atomic E-state index is 0.119. The van der Waals surface area contributed by atoms with E-state index in [0.717, 1.165) is 28.0 Å². The summed E-state index contributed by atoms with van der Waals surface area (Å²) in [6.07, 6.45) is 0.863. The van der Waals surface area contributed by atoms with Crippen LogP contribution in [0.4, 0.5) is 4.79 Å². The van der Waals surface area contributed by atoms with Crippen molar-refractivity contribution in [3.05, 3.63) is 59.7 Å². The molecule has 1 aliphatic carbocycles. The second-order valence-corrected chi connectivity index (χ2v) is 9.64. The molecule has 1 N–H and O–H groups in total. The molecule has 0 heterocycles. The van der Waals surface area contributed by atoms with E-state index in [1.54, 1.807) is 0 Å². The molecule has 2 aromatic rings. The van der Waals surface area contributed by atoms with Gasteiger partial charge in [-0.2, -0.15) is 0 Å². The topological polar surface area (TPSA) is 55.4 Å². The highest BCUT2D eigenvalue weighted by atomic mass is 32.2. The number of carbonyl (C=O) groups excluding carboxylic acids is 2. The molecule has 0 radical (unpaired) electrons. The van der Waals surface area contributed by atoms with Crippen molar-refractivity contribution in [1.29, 1.82) is 0 Å². The lowest BCUT2D eigenvalue weighted by Crippen LogP contribution is -2.43. The van der Waals surface area contributed by atoms with Gasteiger partial charge in [0.2, 0.25) is 0 Å². The maximum atomic E-state index is 12.9. The van der Waals surface area contributed by atoms with Gasteiger partial charge in [0.25, 0.3) is 0 Å². The van der Waals surface area contributed by atoms with Crippen LogP contribution in [0.5, 0.6) is 0 Å². The highest BCUT2D eigenvalue weighted by Crippen LogP contribution is 2.37. The van der Waals surface area contributed by atoms with Crippen molar-refractivity contribution in [2.24, 2.45) is 0 Å². The zero-order valence-corrected chi connectivity index (χ0v) is 18.3. The summed E-state index contributed by atoms with van der Waals surface area (Å²) in [7, 11) is 0. The Morgan fingerprint density at radius 1 is 1.10 bits per heavy atom. The summed E-state index contributed by atoms with van der Waals surface area (Å²) in [4.78, 5) is 25.1. The first-order chi connectivity index (χ1) is 13.8. The number of alkyl carbamates (subject to hydrolysis) is 1. The van der Waals surface area contributed by atoms with Crippen LogP contribution in [0.2, 0.25) is 0 Å². The number of ether oxygens (including phenoxy) is 1. The van der Waals surface area contributed by atoms with Gasteiger partial charge in [0.15, 0.2) is 5.12 Å². The molecule has 2 aromatic carbocycles. The molecule has 2 atom stereocenters. The highest BCUT2D eigenvalue weighted by molar-refractivity contribution is 8.13. The van der Waals surface area contributed by atoms with Crippen molar-refractivity contribution < 1.29 is 14.3 Å². The molecule has 5 heteroatoms.